The van der Waals surface area contributed by atoms with Crippen molar-refractivity contribution in [2.75, 3.05) is 13.1 Å². The number of carbonyl (C=O) groups excluding carboxylic acids is 2. The topological polar surface area (TPSA) is 75.4 Å². The molecular weight excluding hydrogens is 398 g/mol. The molecule has 26 heavy (non-hydrogen) atoms. The highest BCUT2D eigenvalue weighted by molar-refractivity contribution is 9.10. The number of pyridine rings is 1. The Labute approximate surface area is 161 Å². The SMILES string of the molecule is Cc1oc(C)c(C(=O)N2CCC(C(=O)NCc3cccnc3)CC2)c1Br. The first-order chi connectivity index (χ1) is 12.5. The number of carbonyl (C=O) groups is 2. The summed E-state index contributed by atoms with van der Waals surface area (Å²) in [5, 5.41) is 2.96. The molecule has 3 rings (SSSR count). The maximum atomic E-state index is 12.8. The van der Waals surface area contributed by atoms with Gasteiger partial charge in [-0.25, -0.2) is 0 Å². The number of nitrogens with zero attached hydrogens (tertiary/aromatic N) is 2. The van der Waals surface area contributed by atoms with Crippen molar-refractivity contribution < 1.29 is 14.0 Å². The van der Waals surface area contributed by atoms with Crippen LogP contribution in [0.4, 0.5) is 0 Å². The lowest BCUT2D eigenvalue weighted by atomic mass is 9.95. The Morgan fingerprint density at radius 3 is 2.62 bits per heavy atom. The third-order valence-corrected chi connectivity index (χ3v) is 5.70. The number of rotatable bonds is 4. The second-order valence-electron chi connectivity index (χ2n) is 6.55. The fraction of sp³-hybridized carbons (Fsp3) is 0.421. The van der Waals surface area contributed by atoms with Crippen molar-refractivity contribution in [3.8, 4) is 0 Å². The van der Waals surface area contributed by atoms with Crippen LogP contribution in [-0.4, -0.2) is 34.8 Å². The molecule has 1 saturated heterocycles. The second kappa shape index (κ2) is 8.03. The molecule has 1 fully saturated rings. The average molecular weight is 420 g/mol. The minimum absolute atomic E-state index is 0.0393. The zero-order valence-electron chi connectivity index (χ0n) is 14.9. The standard InChI is InChI=1S/C19H22BrN3O3/c1-12-16(17(20)13(2)26-12)19(25)23-8-5-15(6-9-23)18(24)22-11-14-4-3-7-21-10-14/h3-4,7,10,15H,5-6,8-9,11H2,1-2H3,(H,22,24). The van der Waals surface area contributed by atoms with Crippen LogP contribution in [-0.2, 0) is 11.3 Å². The Balaban J connectivity index is 1.53. The van der Waals surface area contributed by atoms with Crippen LogP contribution < -0.4 is 5.32 Å². The number of halogens is 1. The molecule has 2 aromatic heterocycles. The van der Waals surface area contributed by atoms with Crippen LogP contribution in [0.25, 0.3) is 0 Å². The van der Waals surface area contributed by atoms with Crippen LogP contribution in [0.5, 0.6) is 0 Å². The van der Waals surface area contributed by atoms with Crippen LogP contribution in [0.3, 0.4) is 0 Å². The summed E-state index contributed by atoms with van der Waals surface area (Å²) in [6, 6.07) is 3.78. The van der Waals surface area contributed by atoms with E-state index in [4.69, 9.17) is 4.42 Å². The highest BCUT2D eigenvalue weighted by Gasteiger charge is 2.30. The van der Waals surface area contributed by atoms with Crippen molar-refractivity contribution in [2.24, 2.45) is 5.92 Å². The lowest BCUT2D eigenvalue weighted by Crippen LogP contribution is -2.43. The predicted octanol–water partition coefficient (Wildman–Crippen LogP) is 3.22. The van der Waals surface area contributed by atoms with Gasteiger partial charge in [0.15, 0.2) is 0 Å². The maximum absolute atomic E-state index is 12.8. The van der Waals surface area contributed by atoms with Crippen molar-refractivity contribution in [3.05, 3.63) is 51.6 Å². The summed E-state index contributed by atoms with van der Waals surface area (Å²) in [4.78, 5) is 31.0. The number of hydrogen-bond donors (Lipinski definition) is 1. The summed E-state index contributed by atoms with van der Waals surface area (Å²) in [6.45, 7) is 5.24. The van der Waals surface area contributed by atoms with Gasteiger partial charge in [0.2, 0.25) is 5.91 Å². The number of nitrogens with one attached hydrogen (secondary N) is 1. The number of aryl methyl sites for hydroxylation is 2. The molecule has 138 valence electrons. The highest BCUT2D eigenvalue weighted by atomic mass is 79.9. The molecule has 1 aliphatic heterocycles. The molecule has 3 heterocycles. The van der Waals surface area contributed by atoms with E-state index in [1.165, 1.54) is 0 Å². The van der Waals surface area contributed by atoms with Gasteiger partial charge in [0.1, 0.15) is 11.5 Å². The van der Waals surface area contributed by atoms with Gasteiger partial charge in [-0.05, 0) is 54.2 Å². The molecule has 1 aliphatic rings. The number of aromatic nitrogens is 1. The van der Waals surface area contributed by atoms with Gasteiger partial charge >= 0.3 is 0 Å². The molecule has 0 bridgehead atoms. The van der Waals surface area contributed by atoms with Crippen LogP contribution in [0.15, 0.2) is 33.4 Å². The lowest BCUT2D eigenvalue weighted by molar-refractivity contribution is -0.126. The Hall–Kier alpha value is -2.15. The first kappa shape index (κ1) is 18.6. The van der Waals surface area contributed by atoms with E-state index >= 15 is 0 Å². The first-order valence-electron chi connectivity index (χ1n) is 8.68. The molecule has 0 atom stereocenters. The minimum atomic E-state index is -0.0636. The Morgan fingerprint density at radius 1 is 1.31 bits per heavy atom. The van der Waals surface area contributed by atoms with E-state index in [1.54, 1.807) is 24.2 Å². The predicted molar refractivity (Wildman–Crippen MR) is 101 cm³/mol. The van der Waals surface area contributed by atoms with Gasteiger partial charge in [-0.3, -0.25) is 14.6 Å². The van der Waals surface area contributed by atoms with Crippen LogP contribution >= 0.6 is 15.9 Å². The molecule has 0 aromatic carbocycles. The second-order valence-corrected chi connectivity index (χ2v) is 7.34. The molecule has 2 amide bonds. The molecule has 1 N–H and O–H groups in total. The molecule has 0 unspecified atom stereocenters. The van der Waals surface area contributed by atoms with Crippen molar-refractivity contribution in [1.29, 1.82) is 0 Å². The summed E-state index contributed by atoms with van der Waals surface area (Å²) in [6.07, 6.45) is 4.78. The smallest absolute Gasteiger partial charge is 0.258 e. The van der Waals surface area contributed by atoms with Crippen molar-refractivity contribution in [1.82, 2.24) is 15.2 Å². The zero-order valence-corrected chi connectivity index (χ0v) is 16.5. The fourth-order valence-electron chi connectivity index (χ4n) is 3.24. The minimum Gasteiger partial charge on any atom is -0.465 e. The summed E-state index contributed by atoms with van der Waals surface area (Å²) < 4.78 is 6.25. The highest BCUT2D eigenvalue weighted by Crippen LogP contribution is 2.29. The largest absolute Gasteiger partial charge is 0.465 e. The van der Waals surface area contributed by atoms with Gasteiger partial charge in [0.05, 0.1) is 10.0 Å². The van der Waals surface area contributed by atoms with Crippen molar-refractivity contribution >= 4 is 27.7 Å². The van der Waals surface area contributed by atoms with E-state index in [0.717, 1.165) is 10.0 Å². The van der Waals surface area contributed by atoms with Crippen LogP contribution in [0, 0.1) is 19.8 Å². The van der Waals surface area contributed by atoms with Gasteiger partial charge < -0.3 is 14.6 Å². The van der Waals surface area contributed by atoms with Crippen molar-refractivity contribution in [3.63, 3.8) is 0 Å². The molecule has 6 nitrogen and oxygen atoms in total. The number of piperidine rings is 1. The number of amides is 2. The molecule has 0 saturated carbocycles. The number of likely N-dealkylation sites (tertiary alicyclic amines) is 1. The molecule has 0 aliphatic carbocycles. The summed E-state index contributed by atoms with van der Waals surface area (Å²) in [5.74, 6) is 1.26. The van der Waals surface area contributed by atoms with Gasteiger partial charge in [-0.2, -0.15) is 0 Å². The number of furan rings is 1. The quantitative estimate of drug-likeness (QED) is 0.824. The van der Waals surface area contributed by atoms with Crippen LogP contribution in [0.2, 0.25) is 0 Å². The third kappa shape index (κ3) is 3.98. The molecule has 0 spiro atoms. The Kier molecular flexibility index (Phi) is 5.76. The summed E-state index contributed by atoms with van der Waals surface area (Å²) in [7, 11) is 0. The summed E-state index contributed by atoms with van der Waals surface area (Å²) >= 11 is 3.44. The Morgan fingerprint density at radius 2 is 2.04 bits per heavy atom. The van der Waals surface area contributed by atoms with Crippen molar-refractivity contribution in [2.45, 2.75) is 33.2 Å². The van der Waals surface area contributed by atoms with Crippen LogP contribution in [0.1, 0.15) is 40.3 Å². The summed E-state index contributed by atoms with van der Waals surface area (Å²) in [5.41, 5.74) is 1.56. The molecule has 0 radical (unpaired) electrons. The van der Waals surface area contributed by atoms with E-state index < -0.39 is 0 Å². The first-order valence-corrected chi connectivity index (χ1v) is 9.48. The third-order valence-electron chi connectivity index (χ3n) is 4.74. The van der Waals surface area contributed by atoms with Gasteiger partial charge in [-0.1, -0.05) is 6.07 Å². The van der Waals surface area contributed by atoms with E-state index in [0.29, 0.717) is 49.6 Å². The normalized spacial score (nSPS) is 15.1. The van der Waals surface area contributed by atoms with Gasteiger partial charge in [-0.15, -0.1) is 0 Å². The average Bonchev–Trinajstić information content (AvgIpc) is 2.92. The molecule has 2 aromatic rings. The number of hydrogen-bond acceptors (Lipinski definition) is 4. The Bertz CT molecular complexity index is 796. The van der Waals surface area contributed by atoms with E-state index in [9.17, 15) is 9.59 Å². The monoisotopic (exact) mass is 419 g/mol. The zero-order chi connectivity index (χ0) is 18.7. The fourth-order valence-corrected chi connectivity index (χ4v) is 3.77. The lowest BCUT2D eigenvalue weighted by Gasteiger charge is -2.31. The maximum Gasteiger partial charge on any atom is 0.258 e. The van der Waals surface area contributed by atoms with Gasteiger partial charge in [0.25, 0.3) is 5.91 Å². The molecular formula is C19H22BrN3O3. The van der Waals surface area contributed by atoms with E-state index in [-0.39, 0.29) is 17.7 Å². The van der Waals surface area contributed by atoms with E-state index in [2.05, 4.69) is 26.2 Å². The molecule has 7 heteroatoms. The van der Waals surface area contributed by atoms with Gasteiger partial charge in [0, 0.05) is 37.9 Å². The van der Waals surface area contributed by atoms with E-state index in [1.807, 2.05) is 19.1 Å².